The first-order valence-electron chi connectivity index (χ1n) is 9.71. The van der Waals surface area contributed by atoms with Gasteiger partial charge in [-0.05, 0) is 18.2 Å². The van der Waals surface area contributed by atoms with Crippen LogP contribution in [0, 0.1) is 0 Å². The molecule has 0 aliphatic heterocycles. The molecule has 0 unspecified atom stereocenters. The maximum atomic E-state index is 5.95. The number of nitrogens with one attached hydrogen (secondary N) is 2. The van der Waals surface area contributed by atoms with Crippen molar-refractivity contribution in [2.75, 3.05) is 48.2 Å². The topological polar surface area (TPSA) is 120 Å². The summed E-state index contributed by atoms with van der Waals surface area (Å²) in [4.78, 5) is 10.1. The molecule has 0 bridgehead atoms. The quantitative estimate of drug-likeness (QED) is 0.412. The lowest BCUT2D eigenvalue weighted by Crippen LogP contribution is -2.17. The molecule has 2 N–H and O–H groups in total. The Balaban J connectivity index is 1.38. The Kier molecular flexibility index (Phi) is 5.52. The zero-order valence-corrected chi connectivity index (χ0v) is 18.2. The van der Waals surface area contributed by atoms with Crippen LogP contribution in [-0.2, 0) is 20.1 Å². The lowest BCUT2D eigenvalue weighted by Gasteiger charge is -2.13. The van der Waals surface area contributed by atoms with Crippen molar-refractivity contribution < 1.29 is 8.83 Å². The number of aromatic nitrogens is 6. The maximum Gasteiger partial charge on any atom is 0.246 e. The summed E-state index contributed by atoms with van der Waals surface area (Å²) in [5.74, 6) is 4.79. The maximum absolute atomic E-state index is 5.95. The standard InChI is InChI=1S/C19H26N10O2/c1-26(2)19-25-22-16(29(19)5)20-11-13-8-9-15(31-13)28(4)18-21-17(23-24-18)27(3)12-14-7-6-10-30-14/h6-10H,11-12H2,1-5H3,(H,20,22)(H,21,23,24). The van der Waals surface area contributed by atoms with Crippen LogP contribution in [0.1, 0.15) is 11.5 Å². The highest BCUT2D eigenvalue weighted by Crippen LogP contribution is 2.25. The first-order chi connectivity index (χ1) is 14.9. The molecule has 4 heterocycles. The SMILES string of the molecule is CN(C)c1nnc(NCc2ccc(N(C)c3nc(N(C)Cc4ccco4)n[nH]3)o2)n1C. The minimum absolute atomic E-state index is 0.473. The first kappa shape index (κ1) is 20.3. The largest absolute Gasteiger partial charge is 0.467 e. The summed E-state index contributed by atoms with van der Waals surface area (Å²) >= 11 is 0. The van der Waals surface area contributed by atoms with Crippen LogP contribution in [0.3, 0.4) is 0 Å². The fourth-order valence-corrected chi connectivity index (χ4v) is 3.05. The van der Waals surface area contributed by atoms with Crippen LogP contribution in [0.2, 0.25) is 0 Å². The van der Waals surface area contributed by atoms with Gasteiger partial charge in [-0.15, -0.1) is 15.3 Å². The number of hydrogen-bond acceptors (Lipinski definition) is 10. The normalized spacial score (nSPS) is 11.0. The van der Waals surface area contributed by atoms with E-state index in [9.17, 15) is 0 Å². The van der Waals surface area contributed by atoms with Gasteiger partial charge in [-0.1, -0.05) is 0 Å². The fraction of sp³-hybridized carbons (Fsp3) is 0.368. The zero-order valence-electron chi connectivity index (χ0n) is 18.2. The molecule has 0 saturated carbocycles. The number of rotatable bonds is 9. The molecule has 0 saturated heterocycles. The van der Waals surface area contributed by atoms with Gasteiger partial charge in [0.05, 0.1) is 19.4 Å². The predicted octanol–water partition coefficient (Wildman–Crippen LogP) is 2.20. The highest BCUT2D eigenvalue weighted by Gasteiger charge is 2.16. The molecule has 0 fully saturated rings. The fourth-order valence-electron chi connectivity index (χ4n) is 3.05. The van der Waals surface area contributed by atoms with E-state index >= 15 is 0 Å². The minimum Gasteiger partial charge on any atom is -0.467 e. The van der Waals surface area contributed by atoms with E-state index in [1.54, 1.807) is 11.2 Å². The molecule has 0 aliphatic carbocycles. The van der Waals surface area contributed by atoms with Crippen molar-refractivity contribution >= 4 is 29.7 Å². The number of nitrogens with zero attached hydrogens (tertiary/aromatic N) is 8. The van der Waals surface area contributed by atoms with Crippen molar-refractivity contribution in [2.45, 2.75) is 13.1 Å². The van der Waals surface area contributed by atoms with Gasteiger partial charge in [0, 0.05) is 41.3 Å². The number of anilines is 5. The van der Waals surface area contributed by atoms with Gasteiger partial charge in [0.25, 0.3) is 0 Å². The van der Waals surface area contributed by atoms with Gasteiger partial charge >= 0.3 is 0 Å². The van der Waals surface area contributed by atoms with E-state index in [0.29, 0.717) is 36.8 Å². The monoisotopic (exact) mass is 426 g/mol. The molecular weight excluding hydrogens is 400 g/mol. The smallest absolute Gasteiger partial charge is 0.246 e. The molecule has 0 amide bonds. The summed E-state index contributed by atoms with van der Waals surface area (Å²) in [5.41, 5.74) is 0. The Hall–Kier alpha value is -3.96. The number of aromatic amines is 1. The average Bonchev–Trinajstić information content (AvgIpc) is 3.52. The Morgan fingerprint density at radius 2 is 1.94 bits per heavy atom. The Labute approximate surface area is 179 Å². The summed E-state index contributed by atoms with van der Waals surface area (Å²) in [6.07, 6.45) is 1.65. The highest BCUT2D eigenvalue weighted by atomic mass is 16.4. The summed E-state index contributed by atoms with van der Waals surface area (Å²) in [7, 11) is 9.51. The molecule has 0 aliphatic rings. The Bertz CT molecular complexity index is 1110. The zero-order chi connectivity index (χ0) is 22.0. The van der Waals surface area contributed by atoms with Crippen molar-refractivity contribution in [1.82, 2.24) is 29.9 Å². The van der Waals surface area contributed by atoms with Crippen LogP contribution in [0.5, 0.6) is 0 Å². The summed E-state index contributed by atoms with van der Waals surface area (Å²) < 4.78 is 13.2. The number of hydrogen-bond donors (Lipinski definition) is 2. The van der Waals surface area contributed by atoms with Gasteiger partial charge in [0.15, 0.2) is 0 Å². The Morgan fingerprint density at radius 3 is 2.65 bits per heavy atom. The third-order valence-corrected chi connectivity index (χ3v) is 4.74. The predicted molar refractivity (Wildman–Crippen MR) is 117 cm³/mol. The van der Waals surface area contributed by atoms with E-state index in [4.69, 9.17) is 8.83 Å². The van der Waals surface area contributed by atoms with Crippen LogP contribution in [0.4, 0.5) is 29.7 Å². The summed E-state index contributed by atoms with van der Waals surface area (Å²) in [6.45, 7) is 1.04. The number of H-pyrrole nitrogens is 1. The van der Waals surface area contributed by atoms with E-state index < -0.39 is 0 Å². The van der Waals surface area contributed by atoms with E-state index in [1.165, 1.54) is 0 Å². The molecule has 0 atom stereocenters. The number of furan rings is 2. The molecule has 4 aromatic rings. The van der Waals surface area contributed by atoms with Crippen molar-refractivity contribution in [3.8, 4) is 0 Å². The Morgan fingerprint density at radius 1 is 1.10 bits per heavy atom. The van der Waals surface area contributed by atoms with Crippen LogP contribution in [0.15, 0.2) is 39.4 Å². The molecule has 0 spiro atoms. The second-order valence-corrected chi connectivity index (χ2v) is 7.32. The molecule has 12 heteroatoms. The van der Waals surface area contributed by atoms with Gasteiger partial charge in [-0.3, -0.25) is 9.47 Å². The van der Waals surface area contributed by atoms with Crippen molar-refractivity contribution in [2.24, 2.45) is 7.05 Å². The second-order valence-electron chi connectivity index (χ2n) is 7.32. The van der Waals surface area contributed by atoms with Gasteiger partial charge in [-0.25, -0.2) is 5.10 Å². The molecule has 0 aromatic carbocycles. The van der Waals surface area contributed by atoms with Crippen molar-refractivity contribution in [3.63, 3.8) is 0 Å². The molecule has 0 radical (unpaired) electrons. The average molecular weight is 426 g/mol. The second kappa shape index (κ2) is 8.42. The van der Waals surface area contributed by atoms with Gasteiger partial charge in [-0.2, -0.15) is 4.98 Å². The molecule has 31 heavy (non-hydrogen) atoms. The highest BCUT2D eigenvalue weighted by molar-refractivity contribution is 5.51. The molecule has 4 aromatic heterocycles. The van der Waals surface area contributed by atoms with E-state index in [0.717, 1.165) is 17.5 Å². The van der Waals surface area contributed by atoms with Crippen LogP contribution in [0.25, 0.3) is 0 Å². The summed E-state index contributed by atoms with van der Waals surface area (Å²) in [5, 5.41) is 18.8. The van der Waals surface area contributed by atoms with Gasteiger partial charge < -0.3 is 24.0 Å². The molecule has 4 rings (SSSR count). The summed E-state index contributed by atoms with van der Waals surface area (Å²) in [6, 6.07) is 7.56. The first-order valence-corrected chi connectivity index (χ1v) is 9.71. The molecule has 164 valence electrons. The van der Waals surface area contributed by atoms with Crippen LogP contribution < -0.4 is 20.0 Å². The third kappa shape index (κ3) is 4.32. The van der Waals surface area contributed by atoms with E-state index in [-0.39, 0.29) is 0 Å². The van der Waals surface area contributed by atoms with Gasteiger partial charge in [0.1, 0.15) is 11.5 Å². The van der Waals surface area contributed by atoms with Crippen LogP contribution in [-0.4, -0.2) is 58.1 Å². The minimum atomic E-state index is 0.473. The van der Waals surface area contributed by atoms with Crippen molar-refractivity contribution in [3.05, 3.63) is 42.0 Å². The lowest BCUT2D eigenvalue weighted by atomic mass is 10.4. The van der Waals surface area contributed by atoms with E-state index in [1.807, 2.05) is 73.9 Å². The van der Waals surface area contributed by atoms with Crippen molar-refractivity contribution in [1.29, 1.82) is 0 Å². The van der Waals surface area contributed by atoms with Gasteiger partial charge in [0.2, 0.25) is 29.7 Å². The lowest BCUT2D eigenvalue weighted by molar-refractivity contribution is 0.506. The molecule has 12 nitrogen and oxygen atoms in total. The van der Waals surface area contributed by atoms with E-state index in [2.05, 4.69) is 30.7 Å². The van der Waals surface area contributed by atoms with Crippen LogP contribution >= 0.6 is 0 Å². The molecular formula is C19H26N10O2. The third-order valence-electron chi connectivity index (χ3n) is 4.74.